The molecule has 0 fully saturated rings. The van der Waals surface area contributed by atoms with Crippen LogP contribution < -0.4 is 10.9 Å². The highest BCUT2D eigenvalue weighted by Crippen LogP contribution is 2.08. The molecule has 0 atom stereocenters. The number of ether oxygens (including phenoxy) is 2. The Labute approximate surface area is 172 Å². The van der Waals surface area contributed by atoms with Gasteiger partial charge in [-0.1, -0.05) is 44.2 Å². The molecule has 0 spiro atoms. The highest BCUT2D eigenvalue weighted by molar-refractivity contribution is 5.81. The van der Waals surface area contributed by atoms with Crippen molar-refractivity contribution in [3.63, 3.8) is 0 Å². The molecule has 9 heteroatoms. The van der Waals surface area contributed by atoms with Crippen molar-refractivity contribution in [2.24, 2.45) is 5.92 Å². The van der Waals surface area contributed by atoms with Crippen LogP contribution in [-0.4, -0.2) is 53.8 Å². The van der Waals surface area contributed by atoms with Gasteiger partial charge < -0.3 is 9.47 Å². The maximum absolute atomic E-state index is 12.4. The molecule has 0 heterocycles. The maximum atomic E-state index is 12.4. The van der Waals surface area contributed by atoms with Crippen LogP contribution >= 0.6 is 0 Å². The van der Waals surface area contributed by atoms with Crippen molar-refractivity contribution in [3.8, 4) is 0 Å². The summed E-state index contributed by atoms with van der Waals surface area (Å²) in [4.78, 5) is 36.2. The standard InChI is InChI=1S/C20H32N4O5/c1-15(2)12-24(13-17(25)21-22-18(26)29-20(3,4)5)23(6)19(27)28-14-16-10-8-7-9-11-16/h7-11,15H,12-14H2,1-6H3,(H,21,25)(H,22,26). The maximum Gasteiger partial charge on any atom is 0.426 e. The van der Waals surface area contributed by atoms with Crippen LogP contribution in [0.1, 0.15) is 40.2 Å². The van der Waals surface area contributed by atoms with E-state index >= 15 is 0 Å². The van der Waals surface area contributed by atoms with E-state index in [1.54, 1.807) is 25.8 Å². The minimum atomic E-state index is -0.767. The molecule has 0 radical (unpaired) electrons. The van der Waals surface area contributed by atoms with Crippen LogP contribution in [0.2, 0.25) is 0 Å². The van der Waals surface area contributed by atoms with Gasteiger partial charge in [-0.25, -0.2) is 25.0 Å². The van der Waals surface area contributed by atoms with E-state index in [0.717, 1.165) is 5.56 Å². The second kappa shape index (κ2) is 11.3. The second-order valence-corrected chi connectivity index (χ2v) is 7.98. The minimum absolute atomic E-state index is 0.131. The number of hydrazine groups is 2. The van der Waals surface area contributed by atoms with Crippen molar-refractivity contribution in [1.29, 1.82) is 0 Å². The number of carbonyl (C=O) groups is 3. The summed E-state index contributed by atoms with van der Waals surface area (Å²) in [6, 6.07) is 9.32. The molecule has 0 unspecified atom stereocenters. The molecule has 162 valence electrons. The molecule has 0 aliphatic rings. The zero-order chi connectivity index (χ0) is 22.0. The van der Waals surface area contributed by atoms with E-state index in [1.165, 1.54) is 12.1 Å². The fourth-order valence-electron chi connectivity index (χ4n) is 2.27. The Kier molecular flexibility index (Phi) is 9.40. The van der Waals surface area contributed by atoms with Crippen molar-refractivity contribution in [3.05, 3.63) is 35.9 Å². The van der Waals surface area contributed by atoms with Crippen LogP contribution in [0, 0.1) is 5.92 Å². The molecule has 0 aromatic heterocycles. The molecule has 9 nitrogen and oxygen atoms in total. The van der Waals surface area contributed by atoms with Crippen LogP contribution in [0.25, 0.3) is 0 Å². The predicted molar refractivity (Wildman–Crippen MR) is 108 cm³/mol. The van der Waals surface area contributed by atoms with Gasteiger partial charge in [-0.2, -0.15) is 0 Å². The van der Waals surface area contributed by atoms with Crippen molar-refractivity contribution in [2.45, 2.75) is 46.8 Å². The zero-order valence-corrected chi connectivity index (χ0v) is 18.0. The van der Waals surface area contributed by atoms with Crippen LogP contribution in [0.5, 0.6) is 0 Å². The minimum Gasteiger partial charge on any atom is -0.444 e. The van der Waals surface area contributed by atoms with Crippen molar-refractivity contribution < 1.29 is 23.9 Å². The summed E-state index contributed by atoms with van der Waals surface area (Å²) in [7, 11) is 1.53. The summed E-state index contributed by atoms with van der Waals surface area (Å²) in [6.07, 6.45) is -1.35. The van der Waals surface area contributed by atoms with E-state index in [-0.39, 0.29) is 19.1 Å². The van der Waals surface area contributed by atoms with Crippen LogP contribution in [0.4, 0.5) is 9.59 Å². The third-order valence-electron chi connectivity index (χ3n) is 3.50. The van der Waals surface area contributed by atoms with Gasteiger partial charge in [0.05, 0.1) is 6.54 Å². The molecule has 0 saturated carbocycles. The molecule has 1 aromatic carbocycles. The fraction of sp³-hybridized carbons (Fsp3) is 0.550. The molecule has 3 amide bonds. The first kappa shape index (κ1) is 24.2. The van der Waals surface area contributed by atoms with E-state index in [9.17, 15) is 14.4 Å². The Bertz CT molecular complexity index is 673. The summed E-state index contributed by atoms with van der Waals surface area (Å²) in [5, 5.41) is 2.81. The Hall–Kier alpha value is -2.81. The molecule has 1 aromatic rings. The fourth-order valence-corrected chi connectivity index (χ4v) is 2.27. The van der Waals surface area contributed by atoms with Gasteiger partial charge in [0.15, 0.2) is 0 Å². The number of amides is 3. The lowest BCUT2D eigenvalue weighted by molar-refractivity contribution is -0.127. The Balaban J connectivity index is 2.59. The van der Waals surface area contributed by atoms with Gasteiger partial charge in [0.2, 0.25) is 0 Å². The van der Waals surface area contributed by atoms with Crippen LogP contribution in [-0.2, 0) is 20.9 Å². The first-order valence-electron chi connectivity index (χ1n) is 9.45. The summed E-state index contributed by atoms with van der Waals surface area (Å²) in [5.41, 5.74) is 4.65. The molecule has 0 saturated heterocycles. The number of nitrogens with zero attached hydrogens (tertiary/aromatic N) is 2. The first-order chi connectivity index (χ1) is 13.5. The number of nitrogens with one attached hydrogen (secondary N) is 2. The van der Waals surface area contributed by atoms with E-state index in [0.29, 0.717) is 6.54 Å². The lowest BCUT2D eigenvalue weighted by atomic mass is 10.2. The quantitative estimate of drug-likeness (QED) is 0.673. The third-order valence-corrected chi connectivity index (χ3v) is 3.50. The largest absolute Gasteiger partial charge is 0.444 e. The van der Waals surface area contributed by atoms with Crippen LogP contribution in [0.15, 0.2) is 30.3 Å². The number of carbonyl (C=O) groups excluding carboxylic acids is 3. The van der Waals surface area contributed by atoms with E-state index in [2.05, 4.69) is 10.9 Å². The number of rotatable bonds is 7. The van der Waals surface area contributed by atoms with Crippen molar-refractivity contribution in [2.75, 3.05) is 20.1 Å². The Morgan fingerprint density at radius 3 is 2.24 bits per heavy atom. The van der Waals surface area contributed by atoms with Crippen LogP contribution in [0.3, 0.4) is 0 Å². The number of hydrogen-bond donors (Lipinski definition) is 2. The third kappa shape index (κ3) is 10.3. The predicted octanol–water partition coefficient (Wildman–Crippen LogP) is 2.68. The van der Waals surface area contributed by atoms with Gasteiger partial charge in [-0.05, 0) is 32.3 Å². The lowest BCUT2D eigenvalue weighted by Crippen LogP contribution is -2.53. The lowest BCUT2D eigenvalue weighted by Gasteiger charge is -2.31. The van der Waals surface area contributed by atoms with E-state index in [4.69, 9.17) is 9.47 Å². The highest BCUT2D eigenvalue weighted by atomic mass is 16.6. The van der Waals surface area contributed by atoms with Crippen molar-refractivity contribution in [1.82, 2.24) is 20.9 Å². The normalized spacial score (nSPS) is 11.2. The monoisotopic (exact) mass is 408 g/mol. The topological polar surface area (TPSA) is 100 Å². The van der Waals surface area contributed by atoms with Gasteiger partial charge in [-0.15, -0.1) is 0 Å². The van der Waals surface area contributed by atoms with Crippen molar-refractivity contribution >= 4 is 18.1 Å². The molecule has 0 bridgehead atoms. The summed E-state index contributed by atoms with van der Waals surface area (Å²) >= 11 is 0. The Morgan fingerprint density at radius 1 is 1.07 bits per heavy atom. The molecular weight excluding hydrogens is 376 g/mol. The molecule has 29 heavy (non-hydrogen) atoms. The molecule has 0 aliphatic carbocycles. The highest BCUT2D eigenvalue weighted by Gasteiger charge is 2.23. The summed E-state index contributed by atoms with van der Waals surface area (Å²) in [6.45, 7) is 9.51. The molecular formula is C20H32N4O5. The molecule has 2 N–H and O–H groups in total. The van der Waals surface area contributed by atoms with Gasteiger partial charge in [0.1, 0.15) is 12.2 Å². The smallest absolute Gasteiger partial charge is 0.426 e. The average Bonchev–Trinajstić information content (AvgIpc) is 2.62. The number of benzene rings is 1. The van der Waals surface area contributed by atoms with Gasteiger partial charge >= 0.3 is 12.2 Å². The zero-order valence-electron chi connectivity index (χ0n) is 18.0. The van der Waals surface area contributed by atoms with Gasteiger partial charge in [0, 0.05) is 13.6 Å². The van der Waals surface area contributed by atoms with Gasteiger partial charge in [0.25, 0.3) is 5.91 Å². The SMILES string of the molecule is CC(C)CN(CC(=O)NNC(=O)OC(C)(C)C)N(C)C(=O)OCc1ccccc1. The first-order valence-corrected chi connectivity index (χ1v) is 9.45. The van der Waals surface area contributed by atoms with Gasteiger partial charge in [-0.3, -0.25) is 10.2 Å². The summed E-state index contributed by atoms with van der Waals surface area (Å²) in [5.74, 6) is -0.315. The molecule has 1 rings (SSSR count). The average molecular weight is 408 g/mol. The van der Waals surface area contributed by atoms with E-state index < -0.39 is 23.7 Å². The second-order valence-electron chi connectivity index (χ2n) is 7.98. The summed E-state index contributed by atoms with van der Waals surface area (Å²) < 4.78 is 10.4. The Morgan fingerprint density at radius 2 is 1.69 bits per heavy atom. The number of hydrogen-bond acceptors (Lipinski definition) is 6. The van der Waals surface area contributed by atoms with E-state index in [1.807, 2.05) is 44.2 Å². The molecule has 0 aliphatic heterocycles.